The fourth-order valence-corrected chi connectivity index (χ4v) is 1.69. The number of aliphatic hydroxyl groups is 1. The molecule has 0 aromatic heterocycles. The highest BCUT2D eigenvalue weighted by molar-refractivity contribution is 5.59. The van der Waals surface area contributed by atoms with Gasteiger partial charge in [0.2, 0.25) is 0 Å². The van der Waals surface area contributed by atoms with Crippen molar-refractivity contribution in [3.8, 4) is 0 Å². The van der Waals surface area contributed by atoms with E-state index in [9.17, 15) is 0 Å². The Hall–Kier alpha value is -1.80. The first-order chi connectivity index (χ1) is 8.28. The van der Waals surface area contributed by atoms with Gasteiger partial charge >= 0.3 is 0 Å². The molecule has 2 heteroatoms. The monoisotopic (exact) mass is 227 g/mol. The SMILES string of the molecule is Cc1ccc(Nc2ccc(CCO)cc2)cc1. The van der Waals surface area contributed by atoms with E-state index >= 15 is 0 Å². The van der Waals surface area contributed by atoms with E-state index in [-0.39, 0.29) is 6.61 Å². The molecule has 2 aromatic carbocycles. The summed E-state index contributed by atoms with van der Waals surface area (Å²) in [6.07, 6.45) is 0.713. The predicted octanol–water partition coefficient (Wildman–Crippen LogP) is 3.27. The zero-order chi connectivity index (χ0) is 12.1. The zero-order valence-electron chi connectivity index (χ0n) is 9.98. The molecule has 0 aliphatic carbocycles. The van der Waals surface area contributed by atoms with Gasteiger partial charge < -0.3 is 10.4 Å². The molecule has 0 aliphatic rings. The second-order valence-electron chi connectivity index (χ2n) is 4.16. The van der Waals surface area contributed by atoms with Crippen LogP contribution >= 0.6 is 0 Å². The van der Waals surface area contributed by atoms with E-state index in [1.54, 1.807) is 0 Å². The van der Waals surface area contributed by atoms with Gasteiger partial charge in [-0.1, -0.05) is 29.8 Å². The lowest BCUT2D eigenvalue weighted by atomic mass is 10.1. The smallest absolute Gasteiger partial charge is 0.0471 e. The van der Waals surface area contributed by atoms with Gasteiger partial charge in [-0.25, -0.2) is 0 Å². The maximum atomic E-state index is 8.83. The summed E-state index contributed by atoms with van der Waals surface area (Å²) in [6.45, 7) is 2.28. The molecule has 0 atom stereocenters. The van der Waals surface area contributed by atoms with Crippen LogP contribution in [0, 0.1) is 6.92 Å². The molecule has 0 bridgehead atoms. The average molecular weight is 227 g/mol. The maximum absolute atomic E-state index is 8.83. The molecule has 2 N–H and O–H groups in total. The summed E-state index contributed by atoms with van der Waals surface area (Å²) in [5.74, 6) is 0. The third-order valence-electron chi connectivity index (χ3n) is 2.69. The summed E-state index contributed by atoms with van der Waals surface area (Å²) in [6, 6.07) is 16.4. The maximum Gasteiger partial charge on any atom is 0.0471 e. The number of aliphatic hydroxyl groups excluding tert-OH is 1. The summed E-state index contributed by atoms with van der Waals surface area (Å²) in [4.78, 5) is 0. The highest BCUT2D eigenvalue weighted by atomic mass is 16.2. The minimum absolute atomic E-state index is 0.199. The quantitative estimate of drug-likeness (QED) is 0.840. The Morgan fingerprint density at radius 2 is 1.41 bits per heavy atom. The van der Waals surface area contributed by atoms with Crippen LogP contribution in [0.5, 0.6) is 0 Å². The van der Waals surface area contributed by atoms with Crippen LogP contribution in [0.25, 0.3) is 0 Å². The summed E-state index contributed by atoms with van der Waals surface area (Å²) < 4.78 is 0. The Bertz CT molecular complexity index is 459. The van der Waals surface area contributed by atoms with E-state index in [4.69, 9.17) is 5.11 Å². The van der Waals surface area contributed by atoms with Crippen molar-refractivity contribution in [3.63, 3.8) is 0 Å². The van der Waals surface area contributed by atoms with Crippen LogP contribution in [0.2, 0.25) is 0 Å². The summed E-state index contributed by atoms with van der Waals surface area (Å²) >= 11 is 0. The van der Waals surface area contributed by atoms with Crippen molar-refractivity contribution in [2.45, 2.75) is 13.3 Å². The molecule has 0 amide bonds. The molecule has 0 fully saturated rings. The first kappa shape index (κ1) is 11.7. The number of nitrogens with one attached hydrogen (secondary N) is 1. The Labute approximate surface area is 102 Å². The van der Waals surface area contributed by atoms with Crippen molar-refractivity contribution >= 4 is 11.4 Å². The van der Waals surface area contributed by atoms with Gasteiger partial charge in [0.25, 0.3) is 0 Å². The lowest BCUT2D eigenvalue weighted by molar-refractivity contribution is 0.299. The highest BCUT2D eigenvalue weighted by Gasteiger charge is 1.95. The molecular weight excluding hydrogens is 210 g/mol. The number of anilines is 2. The van der Waals surface area contributed by atoms with Gasteiger partial charge in [0.15, 0.2) is 0 Å². The molecule has 0 unspecified atom stereocenters. The fraction of sp³-hybridized carbons (Fsp3) is 0.200. The van der Waals surface area contributed by atoms with Crippen molar-refractivity contribution in [1.29, 1.82) is 0 Å². The van der Waals surface area contributed by atoms with Crippen molar-refractivity contribution in [3.05, 3.63) is 59.7 Å². The fourth-order valence-electron chi connectivity index (χ4n) is 1.69. The number of benzene rings is 2. The molecular formula is C15H17NO. The Balaban J connectivity index is 2.05. The average Bonchev–Trinajstić information content (AvgIpc) is 2.35. The van der Waals surface area contributed by atoms with E-state index in [1.807, 2.05) is 24.3 Å². The van der Waals surface area contributed by atoms with Crippen molar-refractivity contribution < 1.29 is 5.11 Å². The molecule has 0 heterocycles. The topological polar surface area (TPSA) is 32.3 Å². The first-order valence-electron chi connectivity index (χ1n) is 5.81. The van der Waals surface area contributed by atoms with Crippen LogP contribution < -0.4 is 5.32 Å². The molecule has 0 saturated carbocycles. The normalized spacial score (nSPS) is 10.2. The number of hydrogen-bond donors (Lipinski definition) is 2. The Morgan fingerprint density at radius 1 is 0.882 bits per heavy atom. The van der Waals surface area contributed by atoms with Gasteiger partial charge in [0, 0.05) is 18.0 Å². The van der Waals surface area contributed by atoms with Crippen LogP contribution in [-0.4, -0.2) is 11.7 Å². The highest BCUT2D eigenvalue weighted by Crippen LogP contribution is 2.17. The molecule has 88 valence electrons. The second kappa shape index (κ2) is 5.51. The standard InChI is InChI=1S/C15H17NO/c1-12-2-6-14(7-3-12)16-15-8-4-13(5-9-15)10-11-17/h2-9,16-17H,10-11H2,1H3. The second-order valence-corrected chi connectivity index (χ2v) is 4.16. The van der Waals surface area contributed by atoms with Gasteiger partial charge in [-0.05, 0) is 43.2 Å². The summed E-state index contributed by atoms with van der Waals surface area (Å²) in [7, 11) is 0. The molecule has 17 heavy (non-hydrogen) atoms. The van der Waals surface area contributed by atoms with Crippen LogP contribution in [0.4, 0.5) is 11.4 Å². The van der Waals surface area contributed by atoms with Crippen LogP contribution in [0.15, 0.2) is 48.5 Å². The van der Waals surface area contributed by atoms with Gasteiger partial charge in [0.05, 0.1) is 0 Å². The van der Waals surface area contributed by atoms with Crippen LogP contribution in [0.1, 0.15) is 11.1 Å². The molecule has 2 rings (SSSR count). The molecule has 0 aliphatic heterocycles. The van der Waals surface area contributed by atoms with E-state index in [0.29, 0.717) is 6.42 Å². The van der Waals surface area contributed by atoms with Crippen LogP contribution in [-0.2, 0) is 6.42 Å². The predicted molar refractivity (Wildman–Crippen MR) is 71.7 cm³/mol. The Kier molecular flexibility index (Phi) is 3.78. The third kappa shape index (κ3) is 3.33. The van der Waals surface area contributed by atoms with E-state index in [1.165, 1.54) is 5.56 Å². The number of hydrogen-bond acceptors (Lipinski definition) is 2. The lowest BCUT2D eigenvalue weighted by Crippen LogP contribution is -1.93. The zero-order valence-corrected chi connectivity index (χ0v) is 9.98. The lowest BCUT2D eigenvalue weighted by Gasteiger charge is -2.07. The Morgan fingerprint density at radius 3 is 1.94 bits per heavy atom. The first-order valence-corrected chi connectivity index (χ1v) is 5.81. The van der Waals surface area contributed by atoms with Crippen molar-refractivity contribution in [2.75, 3.05) is 11.9 Å². The van der Waals surface area contributed by atoms with Gasteiger partial charge in [-0.15, -0.1) is 0 Å². The minimum Gasteiger partial charge on any atom is -0.396 e. The molecule has 0 radical (unpaired) electrons. The van der Waals surface area contributed by atoms with Gasteiger partial charge in [0.1, 0.15) is 0 Å². The van der Waals surface area contributed by atoms with E-state index < -0.39 is 0 Å². The molecule has 2 aromatic rings. The number of rotatable bonds is 4. The van der Waals surface area contributed by atoms with Crippen molar-refractivity contribution in [1.82, 2.24) is 0 Å². The number of aryl methyl sites for hydroxylation is 1. The molecule has 0 spiro atoms. The third-order valence-corrected chi connectivity index (χ3v) is 2.69. The van der Waals surface area contributed by atoms with Crippen molar-refractivity contribution in [2.24, 2.45) is 0 Å². The van der Waals surface area contributed by atoms with Gasteiger partial charge in [-0.3, -0.25) is 0 Å². The minimum atomic E-state index is 0.199. The largest absolute Gasteiger partial charge is 0.396 e. The van der Waals surface area contributed by atoms with E-state index in [0.717, 1.165) is 16.9 Å². The van der Waals surface area contributed by atoms with E-state index in [2.05, 4.69) is 36.5 Å². The summed E-state index contributed by atoms with van der Waals surface area (Å²) in [5.41, 5.74) is 4.57. The van der Waals surface area contributed by atoms with Crippen LogP contribution in [0.3, 0.4) is 0 Å². The molecule has 0 saturated heterocycles. The van der Waals surface area contributed by atoms with Gasteiger partial charge in [-0.2, -0.15) is 0 Å². The summed E-state index contributed by atoms with van der Waals surface area (Å²) in [5, 5.41) is 12.2. The molecule has 2 nitrogen and oxygen atoms in total.